The van der Waals surface area contributed by atoms with Crippen LogP contribution in [0.25, 0.3) is 0 Å². The molecular weight excluding hydrogens is 252 g/mol. The van der Waals surface area contributed by atoms with Crippen molar-refractivity contribution in [3.63, 3.8) is 0 Å². The van der Waals surface area contributed by atoms with Gasteiger partial charge in [-0.05, 0) is 26.7 Å². The second-order valence-electron chi connectivity index (χ2n) is 5.22. The first-order valence-corrected chi connectivity index (χ1v) is 8.22. The number of hydrogen-bond donors (Lipinski definition) is 2. The quantitative estimate of drug-likeness (QED) is 0.685. The van der Waals surface area contributed by atoms with Crippen LogP contribution in [0.4, 0.5) is 0 Å². The molecule has 0 aliphatic rings. The fourth-order valence-corrected chi connectivity index (χ4v) is 1.74. The zero-order chi connectivity index (χ0) is 14.4. The van der Waals surface area contributed by atoms with Gasteiger partial charge in [0.2, 0.25) is 5.91 Å². The van der Waals surface area contributed by atoms with Crippen LogP contribution >= 0.6 is 0 Å². The van der Waals surface area contributed by atoms with Crippen molar-refractivity contribution in [2.45, 2.75) is 51.3 Å². The van der Waals surface area contributed by atoms with Crippen LogP contribution in [0.2, 0.25) is 0 Å². The Labute approximate surface area is 111 Å². The molecule has 1 amide bonds. The predicted molar refractivity (Wildman–Crippen MR) is 74.3 cm³/mol. The molecule has 0 aliphatic heterocycles. The fourth-order valence-electron chi connectivity index (χ4n) is 1.38. The van der Waals surface area contributed by atoms with Crippen LogP contribution in [0.1, 0.15) is 40.5 Å². The number of sulfone groups is 1. The minimum absolute atomic E-state index is 0.0898. The van der Waals surface area contributed by atoms with E-state index in [1.165, 1.54) is 6.26 Å². The number of amides is 1. The van der Waals surface area contributed by atoms with Crippen molar-refractivity contribution in [1.29, 1.82) is 0 Å². The lowest BCUT2D eigenvalue weighted by molar-refractivity contribution is -0.121. The van der Waals surface area contributed by atoms with Crippen LogP contribution in [-0.2, 0) is 14.6 Å². The minimum atomic E-state index is -3.13. The molecule has 0 unspecified atom stereocenters. The fraction of sp³-hybridized carbons (Fsp3) is 0.917. The Bertz CT molecular complexity index is 360. The summed E-state index contributed by atoms with van der Waals surface area (Å²) in [5.41, 5.74) is 0. The summed E-state index contributed by atoms with van der Waals surface area (Å²) in [5, 5.41) is 5.78. The van der Waals surface area contributed by atoms with Crippen LogP contribution in [-0.4, -0.2) is 44.5 Å². The van der Waals surface area contributed by atoms with Crippen molar-refractivity contribution in [2.24, 2.45) is 0 Å². The van der Waals surface area contributed by atoms with E-state index in [4.69, 9.17) is 0 Å². The van der Waals surface area contributed by atoms with E-state index in [0.717, 1.165) is 12.8 Å². The number of nitrogens with one attached hydrogen (secondary N) is 2. The van der Waals surface area contributed by atoms with Gasteiger partial charge in [0.1, 0.15) is 0 Å². The third-order valence-electron chi connectivity index (χ3n) is 3.19. The molecular formula is C12H26N2O3S. The largest absolute Gasteiger partial charge is 0.352 e. The van der Waals surface area contributed by atoms with E-state index in [0.29, 0.717) is 0 Å². The molecule has 0 heterocycles. The van der Waals surface area contributed by atoms with E-state index < -0.39 is 14.6 Å². The van der Waals surface area contributed by atoms with Gasteiger partial charge in [-0.15, -0.1) is 0 Å². The standard InChI is InChI=1S/C12H26N2O3S/c1-6-10(7-2)14-11(15)8-13-9-12(3,4)18(5,16)17/h10,13H,6-9H2,1-5H3,(H,14,15). The Kier molecular flexibility index (Phi) is 6.84. The smallest absolute Gasteiger partial charge is 0.234 e. The third-order valence-corrected chi connectivity index (χ3v) is 5.34. The lowest BCUT2D eigenvalue weighted by Crippen LogP contribution is -2.46. The number of hydrogen-bond acceptors (Lipinski definition) is 4. The highest BCUT2D eigenvalue weighted by atomic mass is 32.2. The molecule has 6 heteroatoms. The lowest BCUT2D eigenvalue weighted by Gasteiger charge is -2.23. The van der Waals surface area contributed by atoms with Gasteiger partial charge >= 0.3 is 0 Å². The molecule has 0 fully saturated rings. The van der Waals surface area contributed by atoms with E-state index in [1.54, 1.807) is 13.8 Å². The summed E-state index contributed by atoms with van der Waals surface area (Å²) < 4.78 is 22.1. The molecule has 108 valence electrons. The zero-order valence-corrected chi connectivity index (χ0v) is 12.9. The molecule has 0 aliphatic carbocycles. The summed E-state index contributed by atoms with van der Waals surface area (Å²) in [7, 11) is -3.13. The summed E-state index contributed by atoms with van der Waals surface area (Å²) in [6, 6.07) is 0.196. The van der Waals surface area contributed by atoms with Crippen LogP contribution in [0.5, 0.6) is 0 Å². The monoisotopic (exact) mass is 278 g/mol. The van der Waals surface area contributed by atoms with Crippen molar-refractivity contribution in [2.75, 3.05) is 19.3 Å². The Morgan fingerprint density at radius 2 is 1.72 bits per heavy atom. The molecule has 0 atom stereocenters. The van der Waals surface area contributed by atoms with Gasteiger partial charge in [-0.3, -0.25) is 4.79 Å². The maximum absolute atomic E-state index is 11.6. The van der Waals surface area contributed by atoms with Crippen molar-refractivity contribution in [3.05, 3.63) is 0 Å². The molecule has 0 radical (unpaired) electrons. The van der Waals surface area contributed by atoms with Crippen molar-refractivity contribution in [3.8, 4) is 0 Å². The van der Waals surface area contributed by atoms with Crippen molar-refractivity contribution < 1.29 is 13.2 Å². The average molecular weight is 278 g/mol. The predicted octanol–water partition coefficient (Wildman–Crippen LogP) is 0.704. The molecule has 0 bridgehead atoms. The van der Waals surface area contributed by atoms with Crippen LogP contribution in [0, 0.1) is 0 Å². The maximum Gasteiger partial charge on any atom is 0.234 e. The maximum atomic E-state index is 11.6. The second kappa shape index (κ2) is 7.09. The van der Waals surface area contributed by atoms with Gasteiger partial charge in [0.05, 0.1) is 11.3 Å². The topological polar surface area (TPSA) is 75.3 Å². The molecule has 0 aromatic rings. The van der Waals surface area contributed by atoms with Gasteiger partial charge in [0.25, 0.3) is 0 Å². The van der Waals surface area contributed by atoms with E-state index in [9.17, 15) is 13.2 Å². The van der Waals surface area contributed by atoms with Gasteiger partial charge in [-0.25, -0.2) is 8.42 Å². The lowest BCUT2D eigenvalue weighted by atomic mass is 10.2. The van der Waals surface area contributed by atoms with Crippen molar-refractivity contribution >= 4 is 15.7 Å². The molecule has 0 spiro atoms. The Balaban J connectivity index is 4.10. The van der Waals surface area contributed by atoms with Crippen LogP contribution in [0.3, 0.4) is 0 Å². The molecule has 0 aromatic carbocycles. The summed E-state index contributed by atoms with van der Waals surface area (Å²) in [6.07, 6.45) is 3.01. The van der Waals surface area contributed by atoms with E-state index in [2.05, 4.69) is 10.6 Å². The number of carbonyl (C=O) groups excluding carboxylic acids is 1. The van der Waals surface area contributed by atoms with Crippen LogP contribution in [0.15, 0.2) is 0 Å². The summed E-state index contributed by atoms with van der Waals surface area (Å²) in [5.74, 6) is -0.0898. The van der Waals surface area contributed by atoms with Gasteiger partial charge in [-0.1, -0.05) is 13.8 Å². The first kappa shape index (κ1) is 17.4. The highest BCUT2D eigenvalue weighted by Gasteiger charge is 2.29. The zero-order valence-electron chi connectivity index (χ0n) is 12.0. The third kappa shape index (κ3) is 5.82. The van der Waals surface area contributed by atoms with E-state index in [1.807, 2.05) is 13.8 Å². The summed E-state index contributed by atoms with van der Waals surface area (Å²) >= 11 is 0. The Morgan fingerprint density at radius 1 is 1.22 bits per heavy atom. The molecule has 0 aromatic heterocycles. The number of rotatable bonds is 8. The summed E-state index contributed by atoms with van der Waals surface area (Å²) in [6.45, 7) is 7.75. The van der Waals surface area contributed by atoms with E-state index >= 15 is 0 Å². The van der Waals surface area contributed by atoms with E-state index in [-0.39, 0.29) is 25.0 Å². The second-order valence-corrected chi connectivity index (χ2v) is 7.87. The molecule has 0 rings (SSSR count). The Morgan fingerprint density at radius 3 is 2.11 bits per heavy atom. The van der Waals surface area contributed by atoms with Crippen molar-refractivity contribution in [1.82, 2.24) is 10.6 Å². The first-order chi connectivity index (χ1) is 8.14. The van der Waals surface area contributed by atoms with Gasteiger partial charge in [-0.2, -0.15) is 0 Å². The molecule has 5 nitrogen and oxygen atoms in total. The highest BCUT2D eigenvalue weighted by molar-refractivity contribution is 7.92. The van der Waals surface area contributed by atoms with Gasteiger partial charge < -0.3 is 10.6 Å². The SMILES string of the molecule is CCC(CC)NC(=O)CNCC(C)(C)S(C)(=O)=O. The minimum Gasteiger partial charge on any atom is -0.352 e. The Hall–Kier alpha value is -0.620. The molecule has 0 saturated heterocycles. The normalized spacial score (nSPS) is 12.8. The summed E-state index contributed by atoms with van der Waals surface area (Å²) in [4.78, 5) is 11.6. The first-order valence-electron chi connectivity index (χ1n) is 6.33. The number of carbonyl (C=O) groups is 1. The molecule has 18 heavy (non-hydrogen) atoms. The van der Waals surface area contributed by atoms with Crippen LogP contribution < -0.4 is 10.6 Å². The van der Waals surface area contributed by atoms with Gasteiger partial charge in [0, 0.05) is 18.8 Å². The molecule has 0 saturated carbocycles. The van der Waals surface area contributed by atoms with Gasteiger partial charge in [0.15, 0.2) is 9.84 Å². The molecule has 2 N–H and O–H groups in total. The average Bonchev–Trinajstić information content (AvgIpc) is 2.24. The highest BCUT2D eigenvalue weighted by Crippen LogP contribution is 2.12.